The van der Waals surface area contributed by atoms with Gasteiger partial charge in [-0.05, 0) is 55.0 Å². The van der Waals surface area contributed by atoms with E-state index in [-0.39, 0.29) is 17.3 Å². The maximum Gasteiger partial charge on any atom is 0.238 e. The SMILES string of the molecule is CCCOc1ccc(/N=N/c2ccc(/N=N/c3c(C(Cl)(Cl)Cl)nn(C)c3O)cc2)cc1. The molecule has 162 valence electrons. The lowest BCUT2D eigenvalue weighted by molar-refractivity contribution is 0.317. The monoisotopic (exact) mass is 480 g/mol. The van der Waals surface area contributed by atoms with Gasteiger partial charge in [-0.15, -0.1) is 5.11 Å². The van der Waals surface area contributed by atoms with E-state index in [9.17, 15) is 5.11 Å². The average Bonchev–Trinajstić information content (AvgIpc) is 3.05. The number of azo groups is 2. The summed E-state index contributed by atoms with van der Waals surface area (Å²) in [7, 11) is 1.50. The zero-order valence-corrected chi connectivity index (χ0v) is 19.0. The Morgan fingerprint density at radius 1 is 0.903 bits per heavy atom. The van der Waals surface area contributed by atoms with Gasteiger partial charge >= 0.3 is 0 Å². The highest BCUT2D eigenvalue weighted by Gasteiger charge is 2.33. The normalized spacial score (nSPS) is 12.2. The molecule has 0 bridgehead atoms. The van der Waals surface area contributed by atoms with Crippen LogP contribution in [-0.2, 0) is 10.8 Å². The van der Waals surface area contributed by atoms with Gasteiger partial charge in [0.1, 0.15) is 11.4 Å². The Hall–Kier alpha value is -2.68. The maximum absolute atomic E-state index is 10.1. The maximum atomic E-state index is 10.1. The summed E-state index contributed by atoms with van der Waals surface area (Å²) in [5.74, 6) is 0.537. The molecule has 2 aromatic carbocycles. The second-order valence-electron chi connectivity index (χ2n) is 6.40. The molecule has 0 radical (unpaired) electrons. The van der Waals surface area contributed by atoms with E-state index in [4.69, 9.17) is 39.5 Å². The number of hydrogen-bond acceptors (Lipinski definition) is 7. The van der Waals surface area contributed by atoms with E-state index in [0.29, 0.717) is 23.7 Å². The second-order valence-corrected chi connectivity index (χ2v) is 8.68. The quantitative estimate of drug-likeness (QED) is 0.278. The topological polar surface area (TPSA) is 96.7 Å². The molecule has 8 nitrogen and oxygen atoms in total. The third-order valence-corrected chi connectivity index (χ3v) is 4.50. The zero-order chi connectivity index (χ0) is 22.4. The van der Waals surface area contributed by atoms with Crippen molar-refractivity contribution in [3.63, 3.8) is 0 Å². The van der Waals surface area contributed by atoms with Crippen LogP contribution >= 0.6 is 34.8 Å². The fraction of sp³-hybridized carbons (Fsp3) is 0.250. The molecule has 0 unspecified atom stereocenters. The van der Waals surface area contributed by atoms with Crippen LogP contribution in [0.2, 0.25) is 0 Å². The lowest BCUT2D eigenvalue weighted by atomic mass is 10.3. The predicted octanol–water partition coefficient (Wildman–Crippen LogP) is 7.57. The lowest BCUT2D eigenvalue weighted by Gasteiger charge is -2.06. The molecule has 31 heavy (non-hydrogen) atoms. The molecular formula is C20H19Cl3N6O2. The number of aromatic hydroxyl groups is 1. The van der Waals surface area contributed by atoms with Gasteiger partial charge in [0.25, 0.3) is 0 Å². The van der Waals surface area contributed by atoms with Crippen molar-refractivity contribution in [3.05, 3.63) is 54.2 Å². The van der Waals surface area contributed by atoms with Crippen molar-refractivity contribution in [1.29, 1.82) is 0 Å². The molecule has 0 saturated heterocycles. The molecule has 11 heteroatoms. The summed E-state index contributed by atoms with van der Waals surface area (Å²) >= 11 is 17.6. The number of aryl methyl sites for hydroxylation is 1. The van der Waals surface area contributed by atoms with Crippen molar-refractivity contribution < 1.29 is 9.84 Å². The fourth-order valence-corrected chi connectivity index (χ4v) is 2.81. The van der Waals surface area contributed by atoms with Gasteiger partial charge in [0.2, 0.25) is 9.67 Å². The molecular weight excluding hydrogens is 463 g/mol. The summed E-state index contributed by atoms with van der Waals surface area (Å²) in [4.78, 5) is 0. The Bertz CT molecular complexity index is 1070. The molecule has 0 atom stereocenters. The fourth-order valence-electron chi connectivity index (χ4n) is 2.43. The van der Waals surface area contributed by atoms with Crippen molar-refractivity contribution in [3.8, 4) is 11.6 Å². The molecule has 0 amide bonds. The van der Waals surface area contributed by atoms with Gasteiger partial charge in [0.15, 0.2) is 5.69 Å². The Labute approximate surface area is 194 Å². The summed E-state index contributed by atoms with van der Waals surface area (Å²) in [6.45, 7) is 2.73. The lowest BCUT2D eigenvalue weighted by Crippen LogP contribution is -2.02. The predicted molar refractivity (Wildman–Crippen MR) is 121 cm³/mol. The van der Waals surface area contributed by atoms with Gasteiger partial charge in [-0.2, -0.15) is 20.4 Å². The van der Waals surface area contributed by atoms with Crippen LogP contribution in [-0.4, -0.2) is 21.5 Å². The number of benzene rings is 2. The molecule has 1 N–H and O–H groups in total. The Morgan fingerprint density at radius 3 is 1.87 bits per heavy atom. The summed E-state index contributed by atoms with van der Waals surface area (Å²) in [6, 6.07) is 14.2. The highest BCUT2D eigenvalue weighted by atomic mass is 35.6. The number of aromatic nitrogens is 2. The van der Waals surface area contributed by atoms with Gasteiger partial charge in [-0.3, -0.25) is 0 Å². The number of rotatable bonds is 7. The molecule has 0 spiro atoms. The van der Waals surface area contributed by atoms with Crippen LogP contribution in [0, 0.1) is 0 Å². The Kier molecular flexibility index (Phi) is 7.48. The van der Waals surface area contributed by atoms with Gasteiger partial charge in [0.05, 0.1) is 23.7 Å². The highest BCUT2D eigenvalue weighted by Crippen LogP contribution is 2.46. The molecule has 3 rings (SSSR count). The van der Waals surface area contributed by atoms with Gasteiger partial charge < -0.3 is 9.84 Å². The molecule has 0 saturated carbocycles. The number of halogens is 3. The average molecular weight is 482 g/mol. The summed E-state index contributed by atoms with van der Waals surface area (Å²) in [5, 5.41) is 30.5. The summed E-state index contributed by atoms with van der Waals surface area (Å²) in [5.41, 5.74) is 1.82. The molecule has 3 aromatic rings. The third-order valence-electron chi connectivity index (χ3n) is 3.97. The minimum absolute atomic E-state index is 0.0159. The van der Waals surface area contributed by atoms with E-state index >= 15 is 0 Å². The summed E-state index contributed by atoms with van der Waals surface area (Å²) in [6.07, 6.45) is 0.953. The molecule has 1 aromatic heterocycles. The standard InChI is InChI=1S/C20H19Cl3N6O2/c1-3-12-31-16-10-8-15(9-11-16)25-24-13-4-6-14(7-5-13)26-27-17-18(20(21,22)23)28-29(2)19(17)30/h4-11,30H,3,12H2,1-2H3/b25-24+,27-26+. The molecule has 1 heterocycles. The first-order valence-electron chi connectivity index (χ1n) is 9.27. The third kappa shape index (κ3) is 6.16. The van der Waals surface area contributed by atoms with Crippen LogP contribution in [0.25, 0.3) is 0 Å². The number of alkyl halides is 3. The van der Waals surface area contributed by atoms with Crippen LogP contribution in [0.5, 0.6) is 11.6 Å². The van der Waals surface area contributed by atoms with Crippen molar-refractivity contribution in [1.82, 2.24) is 9.78 Å². The first-order valence-corrected chi connectivity index (χ1v) is 10.4. The van der Waals surface area contributed by atoms with Crippen LogP contribution in [0.3, 0.4) is 0 Å². The number of nitrogens with zero attached hydrogens (tertiary/aromatic N) is 6. The van der Waals surface area contributed by atoms with E-state index in [2.05, 4.69) is 32.5 Å². The molecule has 0 aliphatic rings. The Morgan fingerprint density at radius 2 is 1.39 bits per heavy atom. The zero-order valence-electron chi connectivity index (χ0n) is 16.7. The molecule has 0 fully saturated rings. The second kappa shape index (κ2) is 10.1. The number of ether oxygens (including phenoxy) is 1. The van der Waals surface area contributed by atoms with Crippen LogP contribution in [0.1, 0.15) is 19.0 Å². The largest absolute Gasteiger partial charge is 0.494 e. The van der Waals surface area contributed by atoms with Crippen molar-refractivity contribution in [2.24, 2.45) is 27.5 Å². The van der Waals surface area contributed by atoms with Gasteiger partial charge in [-0.25, -0.2) is 4.68 Å². The first kappa shape index (κ1) is 23.0. The van der Waals surface area contributed by atoms with Crippen LogP contribution in [0.15, 0.2) is 69.0 Å². The highest BCUT2D eigenvalue weighted by molar-refractivity contribution is 6.66. The van der Waals surface area contributed by atoms with E-state index in [0.717, 1.165) is 16.9 Å². The van der Waals surface area contributed by atoms with E-state index in [1.807, 2.05) is 24.3 Å². The minimum atomic E-state index is -1.85. The molecule has 0 aliphatic heterocycles. The van der Waals surface area contributed by atoms with E-state index < -0.39 is 3.79 Å². The van der Waals surface area contributed by atoms with E-state index in [1.54, 1.807) is 24.3 Å². The first-order chi connectivity index (χ1) is 14.8. The Balaban J connectivity index is 1.69. The molecule has 0 aliphatic carbocycles. The number of hydrogen-bond donors (Lipinski definition) is 1. The smallest absolute Gasteiger partial charge is 0.238 e. The van der Waals surface area contributed by atoms with Crippen molar-refractivity contribution in [2.45, 2.75) is 17.1 Å². The minimum Gasteiger partial charge on any atom is -0.494 e. The van der Waals surface area contributed by atoms with E-state index in [1.165, 1.54) is 7.05 Å². The van der Waals surface area contributed by atoms with Crippen LogP contribution < -0.4 is 4.74 Å². The van der Waals surface area contributed by atoms with Crippen molar-refractivity contribution in [2.75, 3.05) is 6.61 Å². The van der Waals surface area contributed by atoms with Crippen molar-refractivity contribution >= 4 is 57.6 Å². The van der Waals surface area contributed by atoms with Crippen LogP contribution in [0.4, 0.5) is 22.7 Å². The summed E-state index contributed by atoms with van der Waals surface area (Å²) < 4.78 is 4.84. The van der Waals surface area contributed by atoms with Gasteiger partial charge in [-0.1, -0.05) is 41.7 Å². The van der Waals surface area contributed by atoms with Gasteiger partial charge in [0, 0.05) is 7.05 Å².